The Morgan fingerprint density at radius 3 is 2.12 bits per heavy atom. The number of nitrogens with one attached hydrogen (secondary N) is 1. The second-order valence-corrected chi connectivity index (χ2v) is 13.3. The fraction of sp³-hybridized carbons (Fsp3) is 0.429. The largest absolute Gasteiger partial charge is 0.508 e. The fourth-order valence-electron chi connectivity index (χ4n) is 4.99. The third-order valence-corrected chi connectivity index (χ3v) is 7.77. The minimum atomic E-state index is -0.139. The van der Waals surface area contributed by atoms with E-state index in [9.17, 15) is 5.11 Å². The molecule has 4 rings (SSSR count). The van der Waals surface area contributed by atoms with Gasteiger partial charge in [0.1, 0.15) is 11.5 Å². The average molecular weight is 539 g/mol. The molecule has 1 aromatic heterocycles. The van der Waals surface area contributed by atoms with Gasteiger partial charge in [-0.05, 0) is 95.5 Å². The van der Waals surface area contributed by atoms with Gasteiger partial charge in [0.05, 0.1) is 12.2 Å². The lowest BCUT2D eigenvalue weighted by Crippen LogP contribution is -2.18. The molecule has 40 heavy (non-hydrogen) atoms. The van der Waals surface area contributed by atoms with Crippen molar-refractivity contribution in [2.75, 3.05) is 5.32 Å². The molecule has 0 bridgehead atoms. The summed E-state index contributed by atoms with van der Waals surface area (Å²) in [5.74, 6) is 0.734. The highest BCUT2D eigenvalue weighted by Crippen LogP contribution is 2.37. The molecule has 1 aliphatic carbocycles. The Kier molecular flexibility index (Phi) is 8.72. The SMILES string of the molecule is C/C(=C(O)\C(=C/C(C)Cc1ccc(Nc2ccc(Cn3nnc4c3CCC=C4)cc2)cc1)C(C)(C)C)C(C)(C)C. The molecule has 2 aromatic carbocycles. The number of nitrogens with zero attached hydrogens (tertiary/aromatic N) is 3. The van der Waals surface area contributed by atoms with E-state index in [1.165, 1.54) is 16.8 Å². The molecule has 0 saturated carbocycles. The van der Waals surface area contributed by atoms with Gasteiger partial charge in [0.25, 0.3) is 0 Å². The molecule has 5 heteroatoms. The zero-order valence-corrected chi connectivity index (χ0v) is 25.5. The molecule has 1 aliphatic rings. The van der Waals surface area contributed by atoms with Crippen LogP contribution in [0.4, 0.5) is 11.4 Å². The van der Waals surface area contributed by atoms with Crippen molar-refractivity contribution in [1.82, 2.24) is 15.0 Å². The van der Waals surface area contributed by atoms with Crippen LogP contribution in [-0.2, 0) is 19.4 Å². The number of allylic oxidation sites excluding steroid dienone is 4. The molecule has 2 N–H and O–H groups in total. The van der Waals surface area contributed by atoms with Crippen molar-refractivity contribution in [3.05, 3.63) is 100 Å². The minimum absolute atomic E-state index is 0.0740. The second kappa shape index (κ2) is 11.9. The first-order chi connectivity index (χ1) is 18.8. The molecular weight excluding hydrogens is 492 g/mol. The quantitative estimate of drug-likeness (QED) is 0.222. The van der Waals surface area contributed by atoms with Crippen molar-refractivity contribution in [1.29, 1.82) is 0 Å². The number of fused-ring (bicyclic) bond motifs is 1. The summed E-state index contributed by atoms with van der Waals surface area (Å²) in [5.41, 5.74) is 8.66. The maximum absolute atomic E-state index is 11.2. The fourth-order valence-corrected chi connectivity index (χ4v) is 4.99. The van der Waals surface area contributed by atoms with Crippen molar-refractivity contribution in [2.45, 2.75) is 81.2 Å². The summed E-state index contributed by atoms with van der Waals surface area (Å²) >= 11 is 0. The molecule has 1 atom stereocenters. The van der Waals surface area contributed by atoms with Crippen molar-refractivity contribution >= 4 is 17.5 Å². The van der Waals surface area contributed by atoms with E-state index in [0.717, 1.165) is 54.0 Å². The Morgan fingerprint density at radius 2 is 1.55 bits per heavy atom. The molecule has 3 aromatic rings. The van der Waals surface area contributed by atoms with Gasteiger partial charge in [-0.3, -0.25) is 0 Å². The Hall–Kier alpha value is -3.60. The van der Waals surface area contributed by atoms with Crippen molar-refractivity contribution in [3.8, 4) is 0 Å². The predicted molar refractivity (Wildman–Crippen MR) is 168 cm³/mol. The highest BCUT2D eigenvalue weighted by Gasteiger charge is 2.26. The number of benzene rings is 2. The van der Waals surface area contributed by atoms with E-state index in [1.54, 1.807) is 0 Å². The summed E-state index contributed by atoms with van der Waals surface area (Å²) in [4.78, 5) is 0. The number of aliphatic hydroxyl groups excluding tert-OH is 1. The lowest BCUT2D eigenvalue weighted by Gasteiger charge is -2.29. The normalized spacial score (nSPS) is 15.4. The van der Waals surface area contributed by atoms with E-state index in [1.807, 2.05) is 11.6 Å². The summed E-state index contributed by atoms with van der Waals surface area (Å²) < 4.78 is 2.02. The highest BCUT2D eigenvalue weighted by atomic mass is 16.3. The molecule has 1 heterocycles. The molecule has 0 aliphatic heterocycles. The predicted octanol–water partition coefficient (Wildman–Crippen LogP) is 9.06. The van der Waals surface area contributed by atoms with Gasteiger partial charge in [0.2, 0.25) is 0 Å². The molecular formula is C35H46N4O. The van der Waals surface area contributed by atoms with E-state index < -0.39 is 0 Å². The van der Waals surface area contributed by atoms with Crippen LogP contribution < -0.4 is 5.32 Å². The van der Waals surface area contributed by atoms with Crippen LogP contribution in [-0.4, -0.2) is 20.1 Å². The van der Waals surface area contributed by atoms with Gasteiger partial charge >= 0.3 is 0 Å². The first-order valence-electron chi connectivity index (χ1n) is 14.5. The smallest absolute Gasteiger partial charge is 0.118 e. The van der Waals surface area contributed by atoms with Crippen molar-refractivity contribution in [2.24, 2.45) is 16.7 Å². The van der Waals surface area contributed by atoms with Crippen LogP contribution in [0.1, 0.15) is 84.3 Å². The summed E-state index contributed by atoms with van der Waals surface area (Å²) in [6.45, 7) is 18.0. The number of hydrogen-bond donors (Lipinski definition) is 2. The average Bonchev–Trinajstić information content (AvgIpc) is 3.30. The summed E-state index contributed by atoms with van der Waals surface area (Å²) in [6.07, 6.45) is 9.44. The van der Waals surface area contributed by atoms with Crippen LogP contribution in [0.15, 0.2) is 77.6 Å². The Bertz CT molecular complexity index is 1390. The lowest BCUT2D eigenvalue weighted by atomic mass is 9.78. The standard InChI is InChI=1S/C35H46N4O/c1-24(22-30(35(6,7)8)33(40)25(2)34(3,4)5)21-26-13-17-28(18-14-26)36-29-19-15-27(16-20-29)23-39-32-12-10-9-11-31(32)37-38-39/h9,11,13-20,22,24,36,40H,10,12,21,23H2,1-8H3/b30-22+,33-25-. The van der Waals surface area contributed by atoms with E-state index in [4.69, 9.17) is 0 Å². The molecule has 5 nitrogen and oxygen atoms in total. The Morgan fingerprint density at radius 1 is 0.950 bits per heavy atom. The highest BCUT2D eigenvalue weighted by molar-refractivity contribution is 5.60. The topological polar surface area (TPSA) is 63.0 Å². The Labute approximate surface area is 240 Å². The molecule has 1 unspecified atom stereocenters. The first-order valence-corrected chi connectivity index (χ1v) is 14.5. The van der Waals surface area contributed by atoms with Gasteiger partial charge in [0.15, 0.2) is 0 Å². The number of hydrogen-bond acceptors (Lipinski definition) is 4. The van der Waals surface area contributed by atoms with Crippen LogP contribution in [0.5, 0.6) is 0 Å². The van der Waals surface area contributed by atoms with Crippen LogP contribution in [0.2, 0.25) is 0 Å². The van der Waals surface area contributed by atoms with Gasteiger partial charge in [0, 0.05) is 11.4 Å². The molecule has 0 saturated heterocycles. The first kappa shape index (κ1) is 29.4. The molecule has 0 spiro atoms. The lowest BCUT2D eigenvalue weighted by molar-refractivity contribution is 0.349. The minimum Gasteiger partial charge on any atom is -0.508 e. The third kappa shape index (κ3) is 7.32. The monoisotopic (exact) mass is 538 g/mol. The van der Waals surface area contributed by atoms with E-state index >= 15 is 0 Å². The number of aliphatic hydroxyl groups is 1. The van der Waals surface area contributed by atoms with Gasteiger partial charge < -0.3 is 10.4 Å². The number of rotatable bonds is 8. The zero-order valence-electron chi connectivity index (χ0n) is 25.5. The van der Waals surface area contributed by atoms with Crippen molar-refractivity contribution in [3.63, 3.8) is 0 Å². The number of aromatic nitrogens is 3. The van der Waals surface area contributed by atoms with Crippen molar-refractivity contribution < 1.29 is 5.11 Å². The van der Waals surface area contributed by atoms with E-state index in [0.29, 0.717) is 11.7 Å². The second-order valence-electron chi connectivity index (χ2n) is 13.3. The zero-order chi connectivity index (χ0) is 29.1. The molecule has 212 valence electrons. The van der Waals surface area contributed by atoms with E-state index in [-0.39, 0.29) is 10.8 Å². The summed E-state index contributed by atoms with van der Waals surface area (Å²) in [7, 11) is 0. The van der Waals surface area contributed by atoms with Crippen LogP contribution in [0, 0.1) is 16.7 Å². The van der Waals surface area contributed by atoms with Crippen LogP contribution >= 0.6 is 0 Å². The number of anilines is 2. The molecule has 0 radical (unpaired) electrons. The molecule has 0 fully saturated rings. The van der Waals surface area contributed by atoms with Crippen LogP contribution in [0.3, 0.4) is 0 Å². The van der Waals surface area contributed by atoms with Gasteiger partial charge in [-0.15, -0.1) is 5.10 Å². The maximum Gasteiger partial charge on any atom is 0.118 e. The van der Waals surface area contributed by atoms with Gasteiger partial charge in [-0.1, -0.05) is 90.1 Å². The van der Waals surface area contributed by atoms with Gasteiger partial charge in [-0.2, -0.15) is 0 Å². The summed E-state index contributed by atoms with van der Waals surface area (Å²) in [5, 5.41) is 23.3. The maximum atomic E-state index is 11.2. The summed E-state index contributed by atoms with van der Waals surface area (Å²) in [6, 6.07) is 17.2. The molecule has 0 amide bonds. The van der Waals surface area contributed by atoms with Gasteiger partial charge in [-0.25, -0.2) is 4.68 Å². The third-order valence-electron chi connectivity index (χ3n) is 7.77. The Balaban J connectivity index is 1.39. The van der Waals surface area contributed by atoms with E-state index in [2.05, 4.69) is 131 Å². The van der Waals surface area contributed by atoms with Crippen LogP contribution in [0.25, 0.3) is 6.08 Å².